The molecule has 8 heteroatoms. The fourth-order valence-corrected chi connectivity index (χ4v) is 3.15. The molecule has 1 saturated heterocycles. The summed E-state index contributed by atoms with van der Waals surface area (Å²) < 4.78 is 0. The van der Waals surface area contributed by atoms with Crippen LogP contribution in [-0.4, -0.2) is 61.4 Å². The molecule has 0 unspecified atom stereocenters. The molecule has 0 radical (unpaired) electrons. The van der Waals surface area contributed by atoms with Gasteiger partial charge in [-0.3, -0.25) is 9.59 Å². The SMILES string of the molecule is CNCCCC(=O)N1CCN(C(=O)c2c(Cl)cccc2Cl)CC1.Cl. The van der Waals surface area contributed by atoms with Crippen molar-refractivity contribution in [3.63, 3.8) is 0 Å². The fraction of sp³-hybridized carbons (Fsp3) is 0.500. The van der Waals surface area contributed by atoms with Gasteiger partial charge in [0.2, 0.25) is 5.91 Å². The number of hydrogen-bond acceptors (Lipinski definition) is 3. The maximum absolute atomic E-state index is 12.6. The largest absolute Gasteiger partial charge is 0.339 e. The zero-order valence-corrected chi connectivity index (χ0v) is 15.9. The van der Waals surface area contributed by atoms with E-state index < -0.39 is 0 Å². The van der Waals surface area contributed by atoms with E-state index in [2.05, 4.69) is 5.32 Å². The summed E-state index contributed by atoms with van der Waals surface area (Å²) in [5.41, 5.74) is 0.338. The Kier molecular flexibility index (Phi) is 8.84. The predicted molar refractivity (Wildman–Crippen MR) is 99.4 cm³/mol. The second-order valence-electron chi connectivity index (χ2n) is 5.48. The minimum atomic E-state index is -0.178. The second kappa shape index (κ2) is 10.1. The molecule has 2 amide bonds. The molecular weight excluding hydrogens is 373 g/mol. The lowest BCUT2D eigenvalue weighted by molar-refractivity contribution is -0.132. The average molecular weight is 395 g/mol. The first-order valence-corrected chi connectivity index (χ1v) is 8.46. The molecule has 0 spiro atoms. The molecule has 2 rings (SSSR count). The van der Waals surface area contributed by atoms with Crippen LogP contribution in [0.5, 0.6) is 0 Å². The lowest BCUT2D eigenvalue weighted by Gasteiger charge is -2.35. The fourth-order valence-electron chi connectivity index (χ4n) is 2.59. The Hall–Kier alpha value is -1.01. The summed E-state index contributed by atoms with van der Waals surface area (Å²) in [7, 11) is 1.87. The third kappa shape index (κ3) is 5.24. The third-order valence-corrected chi connectivity index (χ3v) is 4.54. The number of amides is 2. The first-order chi connectivity index (χ1) is 11.0. The van der Waals surface area contributed by atoms with Crippen LogP contribution in [0.4, 0.5) is 0 Å². The van der Waals surface area contributed by atoms with E-state index in [1.807, 2.05) is 11.9 Å². The van der Waals surface area contributed by atoms with Crippen molar-refractivity contribution in [1.29, 1.82) is 0 Å². The van der Waals surface area contributed by atoms with Crippen molar-refractivity contribution in [1.82, 2.24) is 15.1 Å². The summed E-state index contributed by atoms with van der Waals surface area (Å²) in [6.07, 6.45) is 1.36. The average Bonchev–Trinajstić information content (AvgIpc) is 2.55. The van der Waals surface area contributed by atoms with Gasteiger partial charge >= 0.3 is 0 Å². The number of rotatable bonds is 5. The van der Waals surface area contributed by atoms with Crippen molar-refractivity contribution in [2.45, 2.75) is 12.8 Å². The molecular formula is C16H22Cl3N3O2. The molecule has 1 aliphatic heterocycles. The first kappa shape index (κ1) is 21.0. The number of carbonyl (C=O) groups is 2. The van der Waals surface area contributed by atoms with Crippen LogP contribution in [0.3, 0.4) is 0 Å². The van der Waals surface area contributed by atoms with Gasteiger partial charge < -0.3 is 15.1 Å². The molecule has 1 fully saturated rings. The Morgan fingerprint density at radius 3 is 2.17 bits per heavy atom. The van der Waals surface area contributed by atoms with E-state index in [0.29, 0.717) is 48.2 Å². The topological polar surface area (TPSA) is 52.7 Å². The van der Waals surface area contributed by atoms with Crippen molar-refractivity contribution < 1.29 is 9.59 Å². The molecule has 1 aliphatic rings. The summed E-state index contributed by atoms with van der Waals surface area (Å²) >= 11 is 12.2. The van der Waals surface area contributed by atoms with E-state index in [-0.39, 0.29) is 24.2 Å². The normalized spacial score (nSPS) is 14.3. The summed E-state index contributed by atoms with van der Waals surface area (Å²) in [5, 5.41) is 3.74. The number of hydrogen-bond donors (Lipinski definition) is 1. The predicted octanol–water partition coefficient (Wildman–Crippen LogP) is 2.70. The Morgan fingerprint density at radius 2 is 1.62 bits per heavy atom. The van der Waals surface area contributed by atoms with Gasteiger partial charge in [-0.05, 0) is 32.1 Å². The minimum Gasteiger partial charge on any atom is -0.339 e. The second-order valence-corrected chi connectivity index (χ2v) is 6.29. The van der Waals surface area contributed by atoms with Crippen LogP contribution in [0, 0.1) is 0 Å². The van der Waals surface area contributed by atoms with E-state index in [4.69, 9.17) is 23.2 Å². The van der Waals surface area contributed by atoms with E-state index in [1.165, 1.54) is 0 Å². The number of benzene rings is 1. The van der Waals surface area contributed by atoms with Gasteiger partial charge in [0.25, 0.3) is 5.91 Å². The summed E-state index contributed by atoms with van der Waals surface area (Å²) in [6, 6.07) is 5.02. The van der Waals surface area contributed by atoms with Gasteiger partial charge in [0.15, 0.2) is 0 Å². The van der Waals surface area contributed by atoms with Crippen molar-refractivity contribution in [3.05, 3.63) is 33.8 Å². The van der Waals surface area contributed by atoms with Crippen LogP contribution in [-0.2, 0) is 4.79 Å². The van der Waals surface area contributed by atoms with Crippen molar-refractivity contribution >= 4 is 47.4 Å². The number of nitrogens with zero attached hydrogens (tertiary/aromatic N) is 2. The molecule has 0 atom stereocenters. The quantitative estimate of drug-likeness (QED) is 0.781. The van der Waals surface area contributed by atoms with Crippen LogP contribution >= 0.6 is 35.6 Å². The lowest BCUT2D eigenvalue weighted by Crippen LogP contribution is -2.50. The number of halogens is 3. The van der Waals surface area contributed by atoms with Crippen LogP contribution < -0.4 is 5.32 Å². The summed E-state index contributed by atoms with van der Waals surface area (Å²) in [5.74, 6) is -0.0361. The van der Waals surface area contributed by atoms with Crippen LogP contribution in [0.1, 0.15) is 23.2 Å². The molecule has 1 N–H and O–H groups in total. The summed E-state index contributed by atoms with van der Waals surface area (Å²) in [6.45, 7) is 2.92. The van der Waals surface area contributed by atoms with Crippen LogP contribution in [0.25, 0.3) is 0 Å². The van der Waals surface area contributed by atoms with E-state index in [0.717, 1.165) is 13.0 Å². The number of nitrogens with one attached hydrogen (secondary N) is 1. The smallest absolute Gasteiger partial charge is 0.257 e. The Bertz CT molecular complexity index is 555. The highest BCUT2D eigenvalue weighted by molar-refractivity contribution is 6.39. The maximum atomic E-state index is 12.6. The first-order valence-electron chi connectivity index (χ1n) is 7.70. The standard InChI is InChI=1S/C16H21Cl2N3O2.ClH/c1-19-7-3-6-14(22)20-8-10-21(11-9-20)16(23)15-12(17)4-2-5-13(15)18;/h2,4-5,19H,3,6-11H2,1H3;1H. The number of piperazine rings is 1. The molecule has 0 bridgehead atoms. The van der Waals surface area contributed by atoms with Gasteiger partial charge in [-0.1, -0.05) is 29.3 Å². The highest BCUT2D eigenvalue weighted by Gasteiger charge is 2.26. The van der Waals surface area contributed by atoms with Crippen LogP contribution in [0.15, 0.2) is 18.2 Å². The van der Waals surface area contributed by atoms with E-state index in [9.17, 15) is 9.59 Å². The maximum Gasteiger partial charge on any atom is 0.257 e. The number of carbonyl (C=O) groups excluding carboxylic acids is 2. The molecule has 0 aliphatic carbocycles. The van der Waals surface area contributed by atoms with E-state index in [1.54, 1.807) is 23.1 Å². The molecule has 0 aromatic heterocycles. The van der Waals surface area contributed by atoms with Crippen molar-refractivity contribution in [2.24, 2.45) is 0 Å². The lowest BCUT2D eigenvalue weighted by atomic mass is 10.1. The van der Waals surface area contributed by atoms with Gasteiger partial charge in [0.1, 0.15) is 0 Å². The zero-order valence-electron chi connectivity index (χ0n) is 13.6. The Morgan fingerprint density at radius 1 is 1.08 bits per heavy atom. The van der Waals surface area contributed by atoms with Crippen molar-refractivity contribution in [2.75, 3.05) is 39.8 Å². The highest BCUT2D eigenvalue weighted by Crippen LogP contribution is 2.26. The Balaban J connectivity index is 0.00000288. The third-order valence-electron chi connectivity index (χ3n) is 3.91. The van der Waals surface area contributed by atoms with E-state index >= 15 is 0 Å². The molecule has 0 saturated carbocycles. The highest BCUT2D eigenvalue weighted by atomic mass is 35.5. The van der Waals surface area contributed by atoms with Crippen molar-refractivity contribution in [3.8, 4) is 0 Å². The summed E-state index contributed by atoms with van der Waals surface area (Å²) in [4.78, 5) is 28.2. The molecule has 5 nitrogen and oxygen atoms in total. The molecule has 1 aromatic rings. The van der Waals surface area contributed by atoms with Gasteiger partial charge in [-0.2, -0.15) is 0 Å². The molecule has 1 aromatic carbocycles. The van der Waals surface area contributed by atoms with Crippen LogP contribution in [0.2, 0.25) is 10.0 Å². The molecule has 134 valence electrons. The zero-order chi connectivity index (χ0) is 16.8. The minimum absolute atomic E-state index is 0. The Labute approximate surface area is 158 Å². The molecule has 1 heterocycles. The monoisotopic (exact) mass is 393 g/mol. The molecule has 24 heavy (non-hydrogen) atoms. The van der Waals surface area contributed by atoms with Gasteiger partial charge in [0, 0.05) is 32.6 Å². The van der Waals surface area contributed by atoms with Gasteiger partial charge in [-0.15, -0.1) is 12.4 Å². The van der Waals surface area contributed by atoms with Gasteiger partial charge in [0.05, 0.1) is 15.6 Å². The van der Waals surface area contributed by atoms with Gasteiger partial charge in [-0.25, -0.2) is 0 Å².